The Hall–Kier alpha value is -0.560. The summed E-state index contributed by atoms with van der Waals surface area (Å²) in [4.78, 5) is 0. The molecule has 1 nitrogen and oxygen atoms in total. The van der Waals surface area contributed by atoms with Crippen molar-refractivity contribution in [2.45, 2.75) is 39.2 Å². The Morgan fingerprint density at radius 2 is 2.18 bits per heavy atom. The summed E-state index contributed by atoms with van der Waals surface area (Å²) in [5.41, 5.74) is 2.16. The topological polar surface area (TPSA) is 20.2 Å². The van der Waals surface area contributed by atoms with Gasteiger partial charge < -0.3 is 5.11 Å². The third-order valence-corrected chi connectivity index (χ3v) is 2.19. The highest BCUT2D eigenvalue weighted by molar-refractivity contribution is 5.28. The Kier molecular flexibility index (Phi) is 2.19. The quantitative estimate of drug-likeness (QED) is 0.565. The minimum atomic E-state index is -0.570. The monoisotopic (exact) mass is 152 g/mol. The minimum Gasteiger partial charge on any atom is -0.386 e. The first-order chi connectivity index (χ1) is 5.01. The summed E-state index contributed by atoms with van der Waals surface area (Å²) in [6.45, 7) is 6.07. The van der Waals surface area contributed by atoms with Crippen LogP contribution in [0.3, 0.4) is 0 Å². The number of aliphatic hydroxyl groups is 1. The molecule has 0 aromatic rings. The summed E-state index contributed by atoms with van der Waals surface area (Å²) in [6, 6.07) is 0. The van der Waals surface area contributed by atoms with Gasteiger partial charge in [0, 0.05) is 0 Å². The molecular formula is C10H16O. The van der Waals surface area contributed by atoms with Gasteiger partial charge in [0.1, 0.15) is 0 Å². The van der Waals surface area contributed by atoms with Crippen molar-refractivity contribution < 1.29 is 5.11 Å². The Balaban J connectivity index is 2.80. The number of hydrogen-bond acceptors (Lipinski definition) is 1. The number of allylic oxidation sites excluding steroid dienone is 3. The van der Waals surface area contributed by atoms with Gasteiger partial charge >= 0.3 is 0 Å². The van der Waals surface area contributed by atoms with Gasteiger partial charge in [0.05, 0.1) is 5.60 Å². The molecule has 0 radical (unpaired) electrons. The first-order valence-electron chi connectivity index (χ1n) is 4.09. The van der Waals surface area contributed by atoms with Crippen LogP contribution in [0, 0.1) is 0 Å². The second kappa shape index (κ2) is 2.82. The maximum absolute atomic E-state index is 9.56. The van der Waals surface area contributed by atoms with Crippen LogP contribution in [0.4, 0.5) is 0 Å². The molecule has 0 saturated heterocycles. The van der Waals surface area contributed by atoms with Crippen molar-refractivity contribution in [3.05, 3.63) is 23.3 Å². The first kappa shape index (κ1) is 8.54. The largest absolute Gasteiger partial charge is 0.386 e. The zero-order chi connectivity index (χ0) is 8.48. The molecule has 1 aliphatic carbocycles. The molecule has 1 atom stereocenters. The van der Waals surface area contributed by atoms with Gasteiger partial charge in [0.25, 0.3) is 0 Å². The molecule has 1 aliphatic rings. The van der Waals surface area contributed by atoms with E-state index < -0.39 is 5.60 Å². The molecule has 11 heavy (non-hydrogen) atoms. The zero-order valence-corrected chi connectivity index (χ0v) is 7.52. The van der Waals surface area contributed by atoms with Crippen LogP contribution in [-0.2, 0) is 0 Å². The summed E-state index contributed by atoms with van der Waals surface area (Å²) in [6.07, 6.45) is 5.79. The summed E-state index contributed by atoms with van der Waals surface area (Å²) in [5.74, 6) is 0. The fourth-order valence-corrected chi connectivity index (χ4v) is 1.25. The zero-order valence-electron chi connectivity index (χ0n) is 7.52. The highest BCUT2D eigenvalue weighted by Crippen LogP contribution is 2.26. The minimum absolute atomic E-state index is 0.570. The fourth-order valence-electron chi connectivity index (χ4n) is 1.25. The first-order valence-corrected chi connectivity index (χ1v) is 4.09. The second-order valence-corrected chi connectivity index (χ2v) is 3.72. The predicted octanol–water partition coefficient (Wildman–Crippen LogP) is 2.42. The lowest BCUT2D eigenvalue weighted by atomic mass is 9.88. The Bertz CT molecular complexity index is 205. The van der Waals surface area contributed by atoms with E-state index in [0.717, 1.165) is 12.8 Å². The summed E-state index contributed by atoms with van der Waals surface area (Å²) in [7, 11) is 0. The summed E-state index contributed by atoms with van der Waals surface area (Å²) >= 11 is 0. The van der Waals surface area contributed by atoms with E-state index in [1.165, 1.54) is 11.1 Å². The van der Waals surface area contributed by atoms with Crippen LogP contribution in [0.5, 0.6) is 0 Å². The van der Waals surface area contributed by atoms with Crippen LogP contribution < -0.4 is 0 Å². The molecule has 1 rings (SSSR count). The molecule has 62 valence electrons. The van der Waals surface area contributed by atoms with E-state index in [0.29, 0.717) is 0 Å². The summed E-state index contributed by atoms with van der Waals surface area (Å²) in [5, 5.41) is 9.56. The lowest BCUT2D eigenvalue weighted by Crippen LogP contribution is -2.23. The van der Waals surface area contributed by atoms with E-state index in [2.05, 4.69) is 13.8 Å². The lowest BCUT2D eigenvalue weighted by Gasteiger charge is -2.24. The van der Waals surface area contributed by atoms with E-state index >= 15 is 0 Å². The van der Waals surface area contributed by atoms with Crippen molar-refractivity contribution in [3.8, 4) is 0 Å². The van der Waals surface area contributed by atoms with Crippen molar-refractivity contribution >= 4 is 0 Å². The molecule has 1 N–H and O–H groups in total. The molecule has 0 aromatic carbocycles. The van der Waals surface area contributed by atoms with E-state index in [1.54, 1.807) is 0 Å². The van der Waals surface area contributed by atoms with E-state index in [9.17, 15) is 5.11 Å². The average molecular weight is 152 g/mol. The smallest absolute Gasteiger partial charge is 0.0805 e. The maximum Gasteiger partial charge on any atom is 0.0805 e. The SMILES string of the molecule is CC(C)=C1C=CC(C)(O)CC1. The van der Waals surface area contributed by atoms with Gasteiger partial charge in [-0.1, -0.05) is 17.7 Å². The third-order valence-electron chi connectivity index (χ3n) is 2.19. The molecule has 0 bridgehead atoms. The normalized spacial score (nSPS) is 30.7. The lowest BCUT2D eigenvalue weighted by molar-refractivity contribution is 0.0991. The van der Waals surface area contributed by atoms with Crippen molar-refractivity contribution in [2.24, 2.45) is 0 Å². The van der Waals surface area contributed by atoms with Gasteiger partial charge in [-0.25, -0.2) is 0 Å². The van der Waals surface area contributed by atoms with Crippen LogP contribution >= 0.6 is 0 Å². The number of rotatable bonds is 0. The van der Waals surface area contributed by atoms with Gasteiger partial charge in [0.2, 0.25) is 0 Å². The van der Waals surface area contributed by atoms with E-state index in [-0.39, 0.29) is 0 Å². The molecule has 0 amide bonds. The van der Waals surface area contributed by atoms with Crippen molar-refractivity contribution in [3.63, 3.8) is 0 Å². The Labute approximate surface area is 68.4 Å². The molecule has 0 aliphatic heterocycles. The van der Waals surface area contributed by atoms with Gasteiger partial charge in [-0.15, -0.1) is 0 Å². The number of hydrogen-bond donors (Lipinski definition) is 1. The van der Waals surface area contributed by atoms with Crippen molar-refractivity contribution in [2.75, 3.05) is 0 Å². The van der Waals surface area contributed by atoms with Gasteiger partial charge in [0.15, 0.2) is 0 Å². The Morgan fingerprint density at radius 1 is 1.55 bits per heavy atom. The molecule has 0 heterocycles. The van der Waals surface area contributed by atoms with Crippen LogP contribution in [0.25, 0.3) is 0 Å². The maximum atomic E-state index is 9.56. The molecule has 1 unspecified atom stereocenters. The molecule has 0 spiro atoms. The highest BCUT2D eigenvalue weighted by Gasteiger charge is 2.20. The van der Waals surface area contributed by atoms with Gasteiger partial charge in [-0.05, 0) is 39.2 Å². The Morgan fingerprint density at radius 3 is 2.55 bits per heavy atom. The average Bonchev–Trinajstić information content (AvgIpc) is 1.86. The van der Waals surface area contributed by atoms with Crippen LogP contribution in [0.15, 0.2) is 23.3 Å². The molecular weight excluding hydrogens is 136 g/mol. The molecule has 1 heteroatoms. The molecule has 0 aromatic heterocycles. The fraction of sp³-hybridized carbons (Fsp3) is 0.600. The molecule has 0 fully saturated rings. The van der Waals surface area contributed by atoms with Crippen LogP contribution in [0.2, 0.25) is 0 Å². The highest BCUT2D eigenvalue weighted by atomic mass is 16.3. The van der Waals surface area contributed by atoms with Crippen LogP contribution in [0.1, 0.15) is 33.6 Å². The van der Waals surface area contributed by atoms with Crippen LogP contribution in [-0.4, -0.2) is 10.7 Å². The predicted molar refractivity (Wildman–Crippen MR) is 47.4 cm³/mol. The van der Waals surface area contributed by atoms with Gasteiger partial charge in [-0.2, -0.15) is 0 Å². The van der Waals surface area contributed by atoms with Crippen molar-refractivity contribution in [1.82, 2.24) is 0 Å². The molecule has 0 saturated carbocycles. The summed E-state index contributed by atoms with van der Waals surface area (Å²) < 4.78 is 0. The standard InChI is InChI=1S/C10H16O/c1-8(2)9-4-6-10(3,11)7-5-9/h4,6,11H,5,7H2,1-3H3. The second-order valence-electron chi connectivity index (χ2n) is 3.72. The third kappa shape index (κ3) is 2.19. The van der Waals surface area contributed by atoms with Crippen molar-refractivity contribution in [1.29, 1.82) is 0 Å². The van der Waals surface area contributed by atoms with E-state index in [4.69, 9.17) is 0 Å². The van der Waals surface area contributed by atoms with E-state index in [1.807, 2.05) is 19.1 Å². The van der Waals surface area contributed by atoms with Gasteiger partial charge in [-0.3, -0.25) is 0 Å².